The highest BCUT2D eigenvalue weighted by Crippen LogP contribution is 2.36. The zero-order valence-corrected chi connectivity index (χ0v) is 9.57. The Morgan fingerprint density at radius 3 is 2.56 bits per heavy atom. The fourth-order valence-electron chi connectivity index (χ4n) is 1.62. The Bertz CT molecular complexity index is 492. The van der Waals surface area contributed by atoms with Gasteiger partial charge in [-0.3, -0.25) is 0 Å². The number of aryl methyl sites for hydroxylation is 1. The zero-order valence-electron chi connectivity index (χ0n) is 9.57. The Kier molecular flexibility index (Phi) is 2.81. The van der Waals surface area contributed by atoms with Gasteiger partial charge in [0.15, 0.2) is 11.5 Å². The second kappa shape index (κ2) is 4.26. The topological polar surface area (TPSA) is 47.1 Å². The quantitative estimate of drug-likeness (QED) is 0.860. The molecule has 0 fully saturated rings. The molecule has 0 radical (unpaired) electrons. The van der Waals surface area contributed by atoms with E-state index in [1.165, 1.54) is 0 Å². The van der Waals surface area contributed by atoms with Gasteiger partial charge in [-0.05, 0) is 19.1 Å². The van der Waals surface area contributed by atoms with Crippen LogP contribution in [0.1, 0.15) is 5.69 Å². The van der Waals surface area contributed by atoms with Crippen molar-refractivity contribution in [2.75, 3.05) is 14.2 Å². The van der Waals surface area contributed by atoms with E-state index in [4.69, 9.17) is 9.47 Å². The van der Waals surface area contributed by atoms with Crippen LogP contribution in [-0.2, 0) is 0 Å². The largest absolute Gasteiger partial charge is 0.493 e. The Balaban J connectivity index is 2.56. The summed E-state index contributed by atoms with van der Waals surface area (Å²) < 4.78 is 10.6. The van der Waals surface area contributed by atoms with E-state index in [0.29, 0.717) is 11.5 Å². The van der Waals surface area contributed by atoms with Gasteiger partial charge in [0.1, 0.15) is 5.82 Å². The van der Waals surface area contributed by atoms with Crippen molar-refractivity contribution < 1.29 is 9.47 Å². The van der Waals surface area contributed by atoms with Gasteiger partial charge in [-0.25, -0.2) is 4.98 Å². The molecule has 0 unspecified atom stereocenters. The molecule has 0 saturated carbocycles. The monoisotopic (exact) mass is 218 g/mol. The Hall–Kier alpha value is -1.97. The average Bonchev–Trinajstić information content (AvgIpc) is 2.74. The van der Waals surface area contributed by atoms with Crippen LogP contribution < -0.4 is 9.47 Å². The van der Waals surface area contributed by atoms with Gasteiger partial charge >= 0.3 is 0 Å². The highest BCUT2D eigenvalue weighted by Gasteiger charge is 2.13. The number of rotatable bonds is 3. The number of benzene rings is 1. The lowest BCUT2D eigenvalue weighted by Crippen LogP contribution is -1.93. The summed E-state index contributed by atoms with van der Waals surface area (Å²) in [5.74, 6) is 2.18. The minimum Gasteiger partial charge on any atom is -0.493 e. The summed E-state index contributed by atoms with van der Waals surface area (Å²) in [6.45, 7) is 1.96. The predicted octanol–water partition coefficient (Wildman–Crippen LogP) is 2.40. The molecule has 1 aromatic carbocycles. The van der Waals surface area contributed by atoms with Crippen LogP contribution in [0.4, 0.5) is 0 Å². The van der Waals surface area contributed by atoms with Crippen LogP contribution in [0, 0.1) is 6.92 Å². The third-order valence-electron chi connectivity index (χ3n) is 2.36. The fraction of sp³-hybridized carbons (Fsp3) is 0.250. The minimum absolute atomic E-state index is 0.694. The smallest absolute Gasteiger partial charge is 0.171 e. The number of imidazole rings is 1. The molecule has 84 valence electrons. The molecule has 1 heterocycles. The van der Waals surface area contributed by atoms with Crippen LogP contribution in [0.2, 0.25) is 0 Å². The van der Waals surface area contributed by atoms with Crippen molar-refractivity contribution in [1.82, 2.24) is 9.97 Å². The number of aromatic amines is 1. The van der Waals surface area contributed by atoms with Crippen LogP contribution in [0.5, 0.6) is 11.5 Å². The van der Waals surface area contributed by atoms with Gasteiger partial charge in [0.25, 0.3) is 0 Å². The second-order valence-corrected chi connectivity index (χ2v) is 3.46. The summed E-state index contributed by atoms with van der Waals surface area (Å²) in [4.78, 5) is 7.45. The molecule has 16 heavy (non-hydrogen) atoms. The Morgan fingerprint density at radius 1 is 1.19 bits per heavy atom. The number of methoxy groups -OCH3 is 2. The molecule has 0 saturated heterocycles. The average molecular weight is 218 g/mol. The van der Waals surface area contributed by atoms with E-state index in [0.717, 1.165) is 17.1 Å². The molecule has 0 bridgehead atoms. The highest BCUT2D eigenvalue weighted by atomic mass is 16.5. The van der Waals surface area contributed by atoms with Gasteiger partial charge in [-0.2, -0.15) is 0 Å². The van der Waals surface area contributed by atoms with Crippen LogP contribution in [0.15, 0.2) is 24.4 Å². The summed E-state index contributed by atoms with van der Waals surface area (Å²) in [7, 11) is 3.24. The second-order valence-electron chi connectivity index (χ2n) is 3.46. The number of para-hydroxylation sites is 1. The van der Waals surface area contributed by atoms with E-state index in [1.807, 2.05) is 25.1 Å². The molecule has 2 rings (SSSR count). The Labute approximate surface area is 94.2 Å². The number of nitrogens with zero attached hydrogens (tertiary/aromatic N) is 1. The van der Waals surface area contributed by atoms with E-state index in [9.17, 15) is 0 Å². The van der Waals surface area contributed by atoms with Crippen molar-refractivity contribution in [3.05, 3.63) is 30.1 Å². The molecule has 0 aliphatic carbocycles. The summed E-state index contributed by atoms with van der Waals surface area (Å²) in [6.07, 6.45) is 1.79. The number of H-pyrrole nitrogens is 1. The van der Waals surface area contributed by atoms with Crippen molar-refractivity contribution in [2.24, 2.45) is 0 Å². The lowest BCUT2D eigenvalue weighted by Gasteiger charge is -2.10. The van der Waals surface area contributed by atoms with Crippen molar-refractivity contribution in [2.45, 2.75) is 6.92 Å². The van der Waals surface area contributed by atoms with Gasteiger partial charge in [-0.1, -0.05) is 6.07 Å². The fourth-order valence-corrected chi connectivity index (χ4v) is 1.62. The minimum atomic E-state index is 0.694. The lowest BCUT2D eigenvalue weighted by atomic mass is 10.1. The summed E-state index contributed by atoms with van der Waals surface area (Å²) >= 11 is 0. The van der Waals surface area contributed by atoms with Gasteiger partial charge in [0.2, 0.25) is 0 Å². The van der Waals surface area contributed by atoms with Gasteiger partial charge < -0.3 is 14.5 Å². The lowest BCUT2D eigenvalue weighted by molar-refractivity contribution is 0.356. The predicted molar refractivity (Wildman–Crippen MR) is 61.9 cm³/mol. The SMILES string of the molecule is COc1cccc(-c2ncc(C)[nH]2)c1OC. The normalized spacial score (nSPS) is 10.2. The number of ether oxygens (including phenoxy) is 2. The van der Waals surface area contributed by atoms with Crippen molar-refractivity contribution in [1.29, 1.82) is 0 Å². The van der Waals surface area contributed by atoms with E-state index < -0.39 is 0 Å². The van der Waals surface area contributed by atoms with Crippen LogP contribution >= 0.6 is 0 Å². The van der Waals surface area contributed by atoms with Crippen LogP contribution in [-0.4, -0.2) is 24.2 Å². The molecule has 4 nitrogen and oxygen atoms in total. The van der Waals surface area contributed by atoms with E-state index in [1.54, 1.807) is 20.4 Å². The standard InChI is InChI=1S/C12H14N2O2/c1-8-7-13-12(14-8)9-5-4-6-10(15-2)11(9)16-3/h4-7H,1-3H3,(H,13,14). The molecule has 0 spiro atoms. The van der Waals surface area contributed by atoms with Crippen molar-refractivity contribution in [3.8, 4) is 22.9 Å². The molecular formula is C12H14N2O2. The summed E-state index contributed by atoms with van der Waals surface area (Å²) in [5.41, 5.74) is 1.91. The number of aromatic nitrogens is 2. The number of nitrogens with one attached hydrogen (secondary N) is 1. The third-order valence-corrected chi connectivity index (χ3v) is 2.36. The number of hydrogen-bond donors (Lipinski definition) is 1. The summed E-state index contributed by atoms with van der Waals surface area (Å²) in [5, 5.41) is 0. The molecule has 0 aliphatic heterocycles. The third kappa shape index (κ3) is 1.74. The first kappa shape index (κ1) is 10.5. The first-order valence-electron chi connectivity index (χ1n) is 4.99. The highest BCUT2D eigenvalue weighted by molar-refractivity contribution is 5.68. The van der Waals surface area contributed by atoms with Crippen molar-refractivity contribution in [3.63, 3.8) is 0 Å². The Morgan fingerprint density at radius 2 is 2.00 bits per heavy atom. The van der Waals surface area contributed by atoms with E-state index >= 15 is 0 Å². The molecule has 0 atom stereocenters. The maximum absolute atomic E-state index is 5.35. The van der Waals surface area contributed by atoms with Gasteiger partial charge in [0, 0.05) is 11.9 Å². The molecule has 1 aromatic heterocycles. The first-order valence-corrected chi connectivity index (χ1v) is 4.99. The van der Waals surface area contributed by atoms with Gasteiger partial charge in [0.05, 0.1) is 19.8 Å². The van der Waals surface area contributed by atoms with Crippen LogP contribution in [0.3, 0.4) is 0 Å². The molecule has 1 N–H and O–H groups in total. The van der Waals surface area contributed by atoms with E-state index in [-0.39, 0.29) is 0 Å². The molecule has 0 amide bonds. The molecular weight excluding hydrogens is 204 g/mol. The maximum Gasteiger partial charge on any atom is 0.171 e. The molecule has 0 aliphatic rings. The zero-order chi connectivity index (χ0) is 11.5. The maximum atomic E-state index is 5.35. The van der Waals surface area contributed by atoms with Crippen molar-refractivity contribution >= 4 is 0 Å². The number of hydrogen-bond acceptors (Lipinski definition) is 3. The molecule has 2 aromatic rings. The summed E-state index contributed by atoms with van der Waals surface area (Å²) in [6, 6.07) is 5.71. The first-order chi connectivity index (χ1) is 7.76. The van der Waals surface area contributed by atoms with Gasteiger partial charge in [-0.15, -0.1) is 0 Å². The molecule has 4 heteroatoms. The van der Waals surface area contributed by atoms with Crippen LogP contribution in [0.25, 0.3) is 11.4 Å². The van der Waals surface area contributed by atoms with E-state index in [2.05, 4.69) is 9.97 Å².